The summed E-state index contributed by atoms with van der Waals surface area (Å²) in [6.45, 7) is 1.92. The van der Waals surface area contributed by atoms with Gasteiger partial charge in [0.25, 0.3) is 0 Å². The van der Waals surface area contributed by atoms with E-state index >= 15 is 0 Å². The zero-order chi connectivity index (χ0) is 16.4. The van der Waals surface area contributed by atoms with Crippen LogP contribution < -0.4 is 0 Å². The van der Waals surface area contributed by atoms with Crippen LogP contribution in [-0.2, 0) is 0 Å². The standard InChI is InChI=1S/C17H12BrClN2O2/c1-10-6-7-11(8-14(10)19)20-9-15-17(22)23-16(21-15)12-4-2-3-5-13(12)18/h2-9,22H,1H3. The minimum absolute atomic E-state index is 0.257. The molecule has 0 saturated carbocycles. The predicted octanol–water partition coefficient (Wildman–Crippen LogP) is 5.52. The van der Waals surface area contributed by atoms with Crippen molar-refractivity contribution in [2.75, 3.05) is 0 Å². The lowest BCUT2D eigenvalue weighted by molar-refractivity contribution is 0.337. The van der Waals surface area contributed by atoms with E-state index in [0.717, 1.165) is 15.6 Å². The Morgan fingerprint density at radius 1 is 1.26 bits per heavy atom. The van der Waals surface area contributed by atoms with Crippen LogP contribution in [0, 0.1) is 6.92 Å². The molecule has 0 unspecified atom stereocenters. The number of aromatic hydroxyl groups is 1. The van der Waals surface area contributed by atoms with Crippen molar-refractivity contribution in [3.05, 3.63) is 63.2 Å². The average Bonchev–Trinajstić information content (AvgIpc) is 2.90. The molecule has 0 amide bonds. The molecule has 0 atom stereocenters. The normalized spacial score (nSPS) is 11.3. The molecule has 0 bridgehead atoms. The van der Waals surface area contributed by atoms with Crippen molar-refractivity contribution in [2.24, 2.45) is 4.99 Å². The molecule has 1 N–H and O–H groups in total. The third kappa shape index (κ3) is 3.46. The zero-order valence-electron chi connectivity index (χ0n) is 12.1. The molecule has 6 heteroatoms. The summed E-state index contributed by atoms with van der Waals surface area (Å²) in [5.74, 6) is 0.0380. The van der Waals surface area contributed by atoms with Crippen molar-refractivity contribution in [2.45, 2.75) is 6.92 Å². The van der Waals surface area contributed by atoms with Gasteiger partial charge in [-0.15, -0.1) is 0 Å². The van der Waals surface area contributed by atoms with E-state index in [1.54, 1.807) is 6.07 Å². The first kappa shape index (κ1) is 15.8. The van der Waals surface area contributed by atoms with Gasteiger partial charge in [0.2, 0.25) is 5.89 Å². The first-order chi connectivity index (χ1) is 11.0. The Labute approximate surface area is 146 Å². The van der Waals surface area contributed by atoms with Gasteiger partial charge in [-0.3, -0.25) is 4.99 Å². The van der Waals surface area contributed by atoms with Crippen molar-refractivity contribution in [1.82, 2.24) is 4.98 Å². The van der Waals surface area contributed by atoms with Crippen LogP contribution in [0.5, 0.6) is 5.95 Å². The van der Waals surface area contributed by atoms with Crippen LogP contribution >= 0.6 is 27.5 Å². The largest absolute Gasteiger partial charge is 0.479 e. The average molecular weight is 392 g/mol. The highest BCUT2D eigenvalue weighted by molar-refractivity contribution is 9.10. The number of aliphatic imine (C=N–C) groups is 1. The summed E-state index contributed by atoms with van der Waals surface area (Å²) in [7, 11) is 0. The van der Waals surface area contributed by atoms with Gasteiger partial charge < -0.3 is 9.52 Å². The van der Waals surface area contributed by atoms with Crippen LogP contribution in [0.25, 0.3) is 11.5 Å². The fraction of sp³-hybridized carbons (Fsp3) is 0.0588. The monoisotopic (exact) mass is 390 g/mol. The maximum Gasteiger partial charge on any atom is 0.312 e. The number of halogens is 2. The number of nitrogens with zero attached hydrogens (tertiary/aromatic N) is 2. The molecule has 3 rings (SSSR count). The van der Waals surface area contributed by atoms with Crippen LogP contribution in [0.1, 0.15) is 11.3 Å². The summed E-state index contributed by atoms with van der Waals surface area (Å²) in [5, 5.41) is 10.5. The Morgan fingerprint density at radius 2 is 2.04 bits per heavy atom. The molecule has 0 fully saturated rings. The number of hydrogen-bond acceptors (Lipinski definition) is 4. The van der Waals surface area contributed by atoms with E-state index < -0.39 is 0 Å². The molecular weight excluding hydrogens is 380 g/mol. The first-order valence-electron chi connectivity index (χ1n) is 6.79. The topological polar surface area (TPSA) is 58.6 Å². The summed E-state index contributed by atoms with van der Waals surface area (Å²) in [6.07, 6.45) is 1.44. The van der Waals surface area contributed by atoms with Gasteiger partial charge in [-0.1, -0.05) is 29.8 Å². The lowest BCUT2D eigenvalue weighted by atomic mass is 10.2. The highest BCUT2D eigenvalue weighted by Gasteiger charge is 2.14. The summed E-state index contributed by atoms with van der Waals surface area (Å²) < 4.78 is 6.14. The number of benzene rings is 2. The van der Waals surface area contributed by atoms with Crippen molar-refractivity contribution in [3.63, 3.8) is 0 Å². The van der Waals surface area contributed by atoms with Gasteiger partial charge in [-0.05, 0) is 52.7 Å². The molecule has 0 aliphatic rings. The Morgan fingerprint density at radius 3 is 2.78 bits per heavy atom. The summed E-state index contributed by atoms with van der Waals surface area (Å²) in [6, 6.07) is 12.9. The SMILES string of the molecule is Cc1ccc(N=Cc2nc(-c3ccccc3Br)oc2O)cc1Cl. The van der Waals surface area contributed by atoms with E-state index in [1.165, 1.54) is 6.21 Å². The molecule has 23 heavy (non-hydrogen) atoms. The van der Waals surface area contributed by atoms with Gasteiger partial charge in [-0.2, -0.15) is 0 Å². The first-order valence-corrected chi connectivity index (χ1v) is 7.96. The zero-order valence-corrected chi connectivity index (χ0v) is 14.5. The molecule has 4 nitrogen and oxygen atoms in total. The fourth-order valence-electron chi connectivity index (χ4n) is 1.96. The van der Waals surface area contributed by atoms with E-state index in [-0.39, 0.29) is 11.6 Å². The number of aromatic nitrogens is 1. The molecule has 3 aromatic rings. The van der Waals surface area contributed by atoms with Gasteiger partial charge in [0.15, 0.2) is 5.69 Å². The molecule has 1 heterocycles. The van der Waals surface area contributed by atoms with Gasteiger partial charge in [0, 0.05) is 9.50 Å². The van der Waals surface area contributed by atoms with E-state index in [2.05, 4.69) is 25.9 Å². The molecule has 0 spiro atoms. The molecule has 116 valence electrons. The minimum atomic E-state index is -0.280. The summed E-state index contributed by atoms with van der Waals surface area (Å²) in [5.41, 5.74) is 2.66. The Balaban J connectivity index is 1.91. The van der Waals surface area contributed by atoms with Crippen LogP contribution in [0.2, 0.25) is 5.02 Å². The van der Waals surface area contributed by atoms with Crippen molar-refractivity contribution >= 4 is 39.4 Å². The minimum Gasteiger partial charge on any atom is -0.479 e. The maximum absolute atomic E-state index is 9.90. The Kier molecular flexibility index (Phi) is 4.50. The second kappa shape index (κ2) is 6.56. The van der Waals surface area contributed by atoms with Crippen molar-refractivity contribution in [1.29, 1.82) is 0 Å². The quantitative estimate of drug-likeness (QED) is 0.598. The molecule has 2 aromatic carbocycles. The van der Waals surface area contributed by atoms with Crippen molar-refractivity contribution < 1.29 is 9.52 Å². The van der Waals surface area contributed by atoms with E-state index in [1.807, 2.05) is 43.3 Å². The van der Waals surface area contributed by atoms with Gasteiger partial charge in [-0.25, -0.2) is 4.98 Å². The van der Waals surface area contributed by atoms with E-state index in [9.17, 15) is 5.11 Å². The fourth-order valence-corrected chi connectivity index (χ4v) is 2.58. The van der Waals surface area contributed by atoms with Crippen molar-refractivity contribution in [3.8, 4) is 17.4 Å². The maximum atomic E-state index is 9.90. The molecule has 0 aliphatic carbocycles. The van der Waals surface area contributed by atoms with Gasteiger partial charge in [0.05, 0.1) is 17.5 Å². The molecule has 1 aromatic heterocycles. The Hall–Kier alpha value is -2.11. The number of aryl methyl sites for hydroxylation is 1. The predicted molar refractivity (Wildman–Crippen MR) is 94.7 cm³/mol. The highest BCUT2D eigenvalue weighted by atomic mass is 79.9. The summed E-state index contributed by atoms with van der Waals surface area (Å²) >= 11 is 9.49. The molecule has 0 radical (unpaired) electrons. The van der Waals surface area contributed by atoms with E-state index in [0.29, 0.717) is 16.6 Å². The number of rotatable bonds is 3. The lowest BCUT2D eigenvalue weighted by Crippen LogP contribution is -1.83. The van der Waals surface area contributed by atoms with Gasteiger partial charge >= 0.3 is 5.95 Å². The second-order valence-corrected chi connectivity index (χ2v) is 6.14. The summed E-state index contributed by atoms with van der Waals surface area (Å²) in [4.78, 5) is 8.53. The molecule has 0 aliphatic heterocycles. The Bertz CT molecular complexity index is 890. The molecular formula is C17H12BrClN2O2. The van der Waals surface area contributed by atoms with Crippen LogP contribution in [-0.4, -0.2) is 16.3 Å². The number of hydrogen-bond donors (Lipinski definition) is 1. The van der Waals surface area contributed by atoms with Crippen LogP contribution in [0.4, 0.5) is 5.69 Å². The molecule has 0 saturated heterocycles. The van der Waals surface area contributed by atoms with E-state index in [4.69, 9.17) is 16.0 Å². The van der Waals surface area contributed by atoms with Gasteiger partial charge in [0.1, 0.15) is 0 Å². The third-order valence-corrected chi connectivity index (χ3v) is 4.33. The second-order valence-electron chi connectivity index (χ2n) is 4.88. The third-order valence-electron chi connectivity index (χ3n) is 3.23. The highest BCUT2D eigenvalue weighted by Crippen LogP contribution is 2.31. The smallest absolute Gasteiger partial charge is 0.312 e. The van der Waals surface area contributed by atoms with Crippen LogP contribution in [0.15, 0.2) is 56.3 Å². The number of oxazole rings is 1. The lowest BCUT2D eigenvalue weighted by Gasteiger charge is -1.98. The van der Waals surface area contributed by atoms with Crippen LogP contribution in [0.3, 0.4) is 0 Å².